The van der Waals surface area contributed by atoms with Crippen LogP contribution in [0.2, 0.25) is 0 Å². The van der Waals surface area contributed by atoms with Gasteiger partial charge in [0.05, 0.1) is 17.5 Å². The lowest BCUT2D eigenvalue weighted by atomic mass is 10.1. The molecule has 0 radical (unpaired) electrons. The van der Waals surface area contributed by atoms with Gasteiger partial charge in [-0.2, -0.15) is 0 Å². The van der Waals surface area contributed by atoms with Crippen LogP contribution in [0, 0.1) is 0 Å². The molecule has 0 spiro atoms. The van der Waals surface area contributed by atoms with Crippen molar-refractivity contribution in [2.45, 2.75) is 20.4 Å². The highest BCUT2D eigenvalue weighted by atomic mass is 32.2. The van der Waals surface area contributed by atoms with Gasteiger partial charge in [-0.15, -0.1) is 0 Å². The summed E-state index contributed by atoms with van der Waals surface area (Å²) in [6.07, 6.45) is 1.05. The van der Waals surface area contributed by atoms with Crippen LogP contribution < -0.4 is 14.9 Å². The lowest BCUT2D eigenvalue weighted by molar-refractivity contribution is 0.0952. The van der Waals surface area contributed by atoms with E-state index in [9.17, 15) is 13.2 Å². The maximum Gasteiger partial charge on any atom is 0.253 e. The number of benzene rings is 2. The second kappa shape index (κ2) is 8.71. The van der Waals surface area contributed by atoms with Gasteiger partial charge in [-0.1, -0.05) is 24.3 Å². The van der Waals surface area contributed by atoms with E-state index < -0.39 is 10.0 Å². The summed E-state index contributed by atoms with van der Waals surface area (Å²) in [6.45, 7) is 6.47. The number of carbonyl (C=O) groups is 1. The van der Waals surface area contributed by atoms with Crippen LogP contribution >= 0.6 is 0 Å². The molecular weight excluding hydrogens is 350 g/mol. The second-order valence-corrected chi connectivity index (χ2v) is 7.69. The molecule has 0 unspecified atom stereocenters. The Kier molecular flexibility index (Phi) is 6.63. The molecule has 0 aliphatic carbocycles. The predicted molar refractivity (Wildman–Crippen MR) is 106 cm³/mol. The van der Waals surface area contributed by atoms with Gasteiger partial charge in [0.25, 0.3) is 5.91 Å². The van der Waals surface area contributed by atoms with E-state index in [0.717, 1.165) is 30.6 Å². The van der Waals surface area contributed by atoms with E-state index in [1.807, 2.05) is 24.3 Å². The minimum Gasteiger partial charge on any atom is -0.372 e. The van der Waals surface area contributed by atoms with Gasteiger partial charge in [0.15, 0.2) is 0 Å². The van der Waals surface area contributed by atoms with Crippen molar-refractivity contribution in [3.63, 3.8) is 0 Å². The Labute approximate surface area is 155 Å². The van der Waals surface area contributed by atoms with Crippen LogP contribution in [0.4, 0.5) is 11.4 Å². The first-order valence-electron chi connectivity index (χ1n) is 8.53. The number of amides is 1. The molecule has 6 nitrogen and oxygen atoms in total. The average molecular weight is 375 g/mol. The van der Waals surface area contributed by atoms with Crippen LogP contribution in [-0.2, 0) is 16.6 Å². The lowest BCUT2D eigenvalue weighted by Crippen LogP contribution is -2.25. The molecule has 2 N–H and O–H groups in total. The number of sulfonamides is 1. The van der Waals surface area contributed by atoms with Gasteiger partial charge in [-0.25, -0.2) is 8.42 Å². The van der Waals surface area contributed by atoms with Gasteiger partial charge in [0.1, 0.15) is 0 Å². The second-order valence-electron chi connectivity index (χ2n) is 5.94. The first kappa shape index (κ1) is 19.8. The average Bonchev–Trinajstić information content (AvgIpc) is 2.61. The molecule has 0 aliphatic heterocycles. The van der Waals surface area contributed by atoms with E-state index in [4.69, 9.17) is 0 Å². The van der Waals surface area contributed by atoms with Gasteiger partial charge in [-0.3, -0.25) is 9.52 Å². The fraction of sp³-hybridized carbons (Fsp3) is 0.316. The van der Waals surface area contributed by atoms with Crippen LogP contribution in [-0.4, -0.2) is 33.7 Å². The molecule has 0 bridgehead atoms. The molecule has 2 rings (SSSR count). The van der Waals surface area contributed by atoms with Crippen molar-refractivity contribution in [2.24, 2.45) is 0 Å². The van der Waals surface area contributed by atoms with Gasteiger partial charge in [-0.05, 0) is 43.7 Å². The van der Waals surface area contributed by atoms with Crippen molar-refractivity contribution in [3.05, 3.63) is 59.7 Å². The molecule has 0 saturated heterocycles. The highest BCUT2D eigenvalue weighted by Crippen LogP contribution is 2.17. The first-order valence-corrected chi connectivity index (χ1v) is 10.4. The topological polar surface area (TPSA) is 78.5 Å². The standard InChI is InChI=1S/C19H25N3O3S/c1-4-22(5-2)16-12-10-15(11-13-16)14-20-19(23)17-8-6-7-9-18(17)21-26(3,24)25/h6-13,21H,4-5,14H2,1-3H3,(H,20,23). The molecule has 0 atom stereocenters. The molecule has 0 saturated carbocycles. The van der Waals surface area contributed by atoms with E-state index in [1.54, 1.807) is 24.3 Å². The Morgan fingerprint density at radius 3 is 2.19 bits per heavy atom. The number of anilines is 2. The van der Waals surface area contributed by atoms with Crippen molar-refractivity contribution in [3.8, 4) is 0 Å². The summed E-state index contributed by atoms with van der Waals surface area (Å²) in [6, 6.07) is 14.6. The van der Waals surface area contributed by atoms with Crippen molar-refractivity contribution in [1.29, 1.82) is 0 Å². The minimum atomic E-state index is -3.45. The summed E-state index contributed by atoms with van der Waals surface area (Å²) in [7, 11) is -3.45. The van der Waals surface area contributed by atoms with E-state index in [-0.39, 0.29) is 17.2 Å². The molecule has 0 heterocycles. The van der Waals surface area contributed by atoms with Gasteiger partial charge >= 0.3 is 0 Å². The van der Waals surface area contributed by atoms with Crippen molar-refractivity contribution < 1.29 is 13.2 Å². The molecule has 0 aliphatic rings. The van der Waals surface area contributed by atoms with E-state index in [0.29, 0.717) is 6.54 Å². The summed E-state index contributed by atoms with van der Waals surface area (Å²) < 4.78 is 25.3. The quantitative estimate of drug-likeness (QED) is 0.744. The summed E-state index contributed by atoms with van der Waals surface area (Å²) >= 11 is 0. The van der Waals surface area contributed by atoms with Crippen molar-refractivity contribution in [1.82, 2.24) is 5.32 Å². The molecule has 7 heteroatoms. The Hall–Kier alpha value is -2.54. The SMILES string of the molecule is CCN(CC)c1ccc(CNC(=O)c2ccccc2NS(C)(=O)=O)cc1. The maximum atomic E-state index is 12.4. The van der Waals surface area contributed by atoms with Crippen LogP contribution in [0.15, 0.2) is 48.5 Å². The zero-order chi connectivity index (χ0) is 19.2. The third-order valence-electron chi connectivity index (χ3n) is 3.99. The number of hydrogen-bond acceptors (Lipinski definition) is 4. The molecule has 2 aromatic rings. The van der Waals surface area contributed by atoms with Crippen molar-refractivity contribution in [2.75, 3.05) is 29.0 Å². The van der Waals surface area contributed by atoms with Gasteiger partial charge in [0, 0.05) is 25.3 Å². The molecule has 0 aromatic heterocycles. The third kappa shape index (κ3) is 5.49. The zero-order valence-corrected chi connectivity index (χ0v) is 16.1. The Bertz CT molecular complexity index is 845. The summed E-state index contributed by atoms with van der Waals surface area (Å²) in [5, 5.41) is 2.83. The fourth-order valence-corrected chi connectivity index (χ4v) is 3.24. The van der Waals surface area contributed by atoms with Crippen molar-refractivity contribution >= 4 is 27.3 Å². The monoisotopic (exact) mass is 375 g/mol. The number of nitrogens with one attached hydrogen (secondary N) is 2. The normalized spacial score (nSPS) is 11.0. The third-order valence-corrected chi connectivity index (χ3v) is 4.58. The molecule has 26 heavy (non-hydrogen) atoms. The number of nitrogens with zero attached hydrogens (tertiary/aromatic N) is 1. The van der Waals surface area contributed by atoms with Crippen LogP contribution in [0.3, 0.4) is 0 Å². The summed E-state index contributed by atoms with van der Waals surface area (Å²) in [4.78, 5) is 14.7. The Morgan fingerprint density at radius 2 is 1.62 bits per heavy atom. The number of rotatable bonds is 8. The molecule has 0 fully saturated rings. The lowest BCUT2D eigenvalue weighted by Gasteiger charge is -2.21. The summed E-state index contributed by atoms with van der Waals surface area (Å²) in [5.74, 6) is -0.329. The fourth-order valence-electron chi connectivity index (χ4n) is 2.66. The first-order chi connectivity index (χ1) is 12.3. The van der Waals surface area contributed by atoms with Crippen LogP contribution in [0.1, 0.15) is 29.8 Å². The number of hydrogen-bond donors (Lipinski definition) is 2. The van der Waals surface area contributed by atoms with Crippen LogP contribution in [0.25, 0.3) is 0 Å². The molecule has 2 aromatic carbocycles. The van der Waals surface area contributed by atoms with Gasteiger partial charge < -0.3 is 10.2 Å². The van der Waals surface area contributed by atoms with Gasteiger partial charge in [0.2, 0.25) is 10.0 Å². The number of carbonyl (C=O) groups excluding carboxylic acids is 1. The number of para-hydroxylation sites is 1. The van der Waals surface area contributed by atoms with E-state index >= 15 is 0 Å². The minimum absolute atomic E-state index is 0.268. The smallest absolute Gasteiger partial charge is 0.253 e. The largest absolute Gasteiger partial charge is 0.372 e. The van der Waals surface area contributed by atoms with E-state index in [2.05, 4.69) is 28.8 Å². The van der Waals surface area contributed by atoms with E-state index in [1.165, 1.54) is 0 Å². The zero-order valence-electron chi connectivity index (χ0n) is 15.3. The molecule has 140 valence electrons. The maximum absolute atomic E-state index is 12.4. The molecule has 1 amide bonds. The highest BCUT2D eigenvalue weighted by molar-refractivity contribution is 7.92. The molecular formula is C19H25N3O3S. The highest BCUT2D eigenvalue weighted by Gasteiger charge is 2.13. The Balaban J connectivity index is 2.05. The van der Waals surface area contributed by atoms with Crippen LogP contribution in [0.5, 0.6) is 0 Å². The summed E-state index contributed by atoms with van der Waals surface area (Å²) in [5.41, 5.74) is 2.68. The predicted octanol–water partition coefficient (Wildman–Crippen LogP) is 2.83. The Morgan fingerprint density at radius 1 is 1.00 bits per heavy atom.